The number of carbonyl (C=O) groups is 2. The molecule has 0 heterocycles. The summed E-state index contributed by atoms with van der Waals surface area (Å²) in [5, 5.41) is 1.33. The molecule has 0 aromatic rings. The minimum Gasteiger partial charge on any atom is -0.450 e. The Morgan fingerprint density at radius 3 is 2.45 bits per heavy atom. The molecule has 1 N–H and O–H groups in total. The number of imide groups is 1. The van der Waals surface area contributed by atoms with Crippen LogP contribution in [0.1, 0.15) is 6.92 Å². The summed E-state index contributed by atoms with van der Waals surface area (Å²) < 4.78 is 27.0. The van der Waals surface area contributed by atoms with Crippen LogP contribution in [0.25, 0.3) is 0 Å². The highest BCUT2D eigenvalue weighted by Gasteiger charge is 2.17. The smallest absolute Gasteiger partial charge is 0.413 e. The lowest BCUT2D eigenvalue weighted by molar-refractivity contribution is -0.130. The van der Waals surface area contributed by atoms with Crippen molar-refractivity contribution in [3.63, 3.8) is 0 Å². The minimum absolute atomic E-state index is 0.0301. The van der Waals surface area contributed by atoms with Crippen LogP contribution in [-0.2, 0) is 9.53 Å². The molecule has 0 aromatic carbocycles. The molecule has 0 saturated heterocycles. The highest BCUT2D eigenvalue weighted by molar-refractivity contribution is 5.93. The maximum atomic E-state index is 11.4. The zero-order valence-corrected chi connectivity index (χ0v) is 5.77. The number of carbonyl (C=O) groups excluding carboxylic acids is 2. The Labute approximate surface area is 61.5 Å². The van der Waals surface area contributed by atoms with Gasteiger partial charge in [-0.3, -0.25) is 10.1 Å². The largest absolute Gasteiger partial charge is 0.450 e. The van der Waals surface area contributed by atoms with Gasteiger partial charge in [0.25, 0.3) is 5.91 Å². The third-order valence-electron chi connectivity index (χ3n) is 0.699. The van der Waals surface area contributed by atoms with Crippen molar-refractivity contribution in [1.82, 2.24) is 5.32 Å². The first-order valence-corrected chi connectivity index (χ1v) is 2.83. The van der Waals surface area contributed by atoms with Gasteiger partial charge in [0.2, 0.25) is 0 Å². The molecule has 0 aliphatic heterocycles. The number of ether oxygens (including phenoxy) is 1. The number of hydrogen-bond acceptors (Lipinski definition) is 3. The molecule has 0 spiro atoms. The van der Waals surface area contributed by atoms with Gasteiger partial charge in [0, 0.05) is 0 Å². The van der Waals surface area contributed by atoms with Crippen molar-refractivity contribution < 1.29 is 23.1 Å². The molecule has 0 aliphatic carbocycles. The number of halogens is 2. The number of amides is 2. The van der Waals surface area contributed by atoms with Crippen LogP contribution < -0.4 is 5.32 Å². The topological polar surface area (TPSA) is 55.4 Å². The predicted molar refractivity (Wildman–Crippen MR) is 31.2 cm³/mol. The van der Waals surface area contributed by atoms with Crippen molar-refractivity contribution in [3.05, 3.63) is 0 Å². The Bertz CT molecular complexity index is 160. The number of rotatable bonds is 2. The molecule has 4 nitrogen and oxygen atoms in total. The van der Waals surface area contributed by atoms with Crippen molar-refractivity contribution in [2.75, 3.05) is 6.61 Å². The number of hydrogen-bond donors (Lipinski definition) is 1. The summed E-state index contributed by atoms with van der Waals surface area (Å²) in [6, 6.07) is 0. The molecular formula is C5H7F2NO3. The SMILES string of the molecule is CCOC(=O)NC(=O)C(F)F. The fourth-order valence-corrected chi connectivity index (χ4v) is 0.322. The van der Waals surface area contributed by atoms with Crippen molar-refractivity contribution in [1.29, 1.82) is 0 Å². The van der Waals surface area contributed by atoms with Gasteiger partial charge in [0.1, 0.15) is 0 Å². The van der Waals surface area contributed by atoms with Crippen LogP contribution in [-0.4, -0.2) is 25.0 Å². The number of alkyl halides is 2. The summed E-state index contributed by atoms with van der Waals surface area (Å²) in [4.78, 5) is 20.3. The van der Waals surface area contributed by atoms with E-state index in [1.807, 2.05) is 0 Å². The van der Waals surface area contributed by atoms with Crippen molar-refractivity contribution in [2.45, 2.75) is 13.3 Å². The summed E-state index contributed by atoms with van der Waals surface area (Å²) in [7, 11) is 0. The van der Waals surface area contributed by atoms with Gasteiger partial charge in [-0.05, 0) is 6.92 Å². The minimum atomic E-state index is -3.19. The van der Waals surface area contributed by atoms with E-state index in [1.165, 1.54) is 12.2 Å². The van der Waals surface area contributed by atoms with E-state index in [9.17, 15) is 18.4 Å². The monoisotopic (exact) mass is 167 g/mol. The molecule has 0 radical (unpaired) electrons. The van der Waals surface area contributed by atoms with E-state index in [-0.39, 0.29) is 6.61 Å². The van der Waals surface area contributed by atoms with E-state index in [2.05, 4.69) is 4.74 Å². The zero-order valence-electron chi connectivity index (χ0n) is 5.77. The second-order valence-electron chi connectivity index (χ2n) is 1.51. The molecular weight excluding hydrogens is 160 g/mol. The van der Waals surface area contributed by atoms with E-state index in [0.717, 1.165) is 0 Å². The summed E-state index contributed by atoms with van der Waals surface area (Å²) in [6.45, 7) is 1.52. The summed E-state index contributed by atoms with van der Waals surface area (Å²) in [5.41, 5.74) is 0. The average molecular weight is 167 g/mol. The van der Waals surface area contributed by atoms with E-state index in [0.29, 0.717) is 0 Å². The van der Waals surface area contributed by atoms with Gasteiger partial charge in [-0.25, -0.2) is 4.79 Å². The molecule has 64 valence electrons. The average Bonchev–Trinajstić information content (AvgIpc) is 1.87. The van der Waals surface area contributed by atoms with Crippen molar-refractivity contribution in [3.8, 4) is 0 Å². The normalized spacial score (nSPS) is 9.45. The number of nitrogens with one attached hydrogen (secondary N) is 1. The highest BCUT2D eigenvalue weighted by Crippen LogP contribution is 1.90. The second kappa shape index (κ2) is 4.59. The first-order valence-electron chi connectivity index (χ1n) is 2.83. The second-order valence-corrected chi connectivity index (χ2v) is 1.51. The molecule has 0 saturated carbocycles. The van der Waals surface area contributed by atoms with E-state index in [4.69, 9.17) is 0 Å². The lowest BCUT2D eigenvalue weighted by Gasteiger charge is -2.01. The Balaban J connectivity index is 3.67. The number of alkyl carbamates (subject to hydrolysis) is 1. The zero-order chi connectivity index (χ0) is 8.85. The standard InChI is InChI=1S/C5H7F2NO3/c1-2-11-5(10)8-4(9)3(6)7/h3H,2H2,1H3,(H,8,9,10). The van der Waals surface area contributed by atoms with Gasteiger partial charge < -0.3 is 4.74 Å². The molecule has 0 unspecified atom stereocenters. The third-order valence-corrected chi connectivity index (χ3v) is 0.699. The fourth-order valence-electron chi connectivity index (χ4n) is 0.322. The first kappa shape index (κ1) is 9.80. The Morgan fingerprint density at radius 1 is 1.55 bits per heavy atom. The molecule has 6 heteroatoms. The molecule has 0 aromatic heterocycles. The van der Waals surface area contributed by atoms with Gasteiger partial charge in [0.15, 0.2) is 0 Å². The lowest BCUT2D eigenvalue weighted by atomic mass is 10.6. The molecule has 0 rings (SSSR count). The third kappa shape index (κ3) is 4.24. The van der Waals surface area contributed by atoms with Gasteiger partial charge in [0.05, 0.1) is 6.61 Å². The van der Waals surface area contributed by atoms with Crippen LogP contribution >= 0.6 is 0 Å². The van der Waals surface area contributed by atoms with Crippen LogP contribution in [0, 0.1) is 0 Å². The predicted octanol–water partition coefficient (Wildman–Crippen LogP) is 0.524. The van der Waals surface area contributed by atoms with E-state index in [1.54, 1.807) is 0 Å². The Morgan fingerprint density at radius 2 is 2.09 bits per heavy atom. The Kier molecular flexibility index (Phi) is 4.09. The van der Waals surface area contributed by atoms with Crippen molar-refractivity contribution in [2.24, 2.45) is 0 Å². The molecule has 11 heavy (non-hydrogen) atoms. The van der Waals surface area contributed by atoms with Gasteiger partial charge in [-0.2, -0.15) is 8.78 Å². The fraction of sp³-hybridized carbons (Fsp3) is 0.600. The molecule has 0 aliphatic rings. The van der Waals surface area contributed by atoms with Crippen LogP contribution in [0.15, 0.2) is 0 Å². The first-order chi connectivity index (χ1) is 5.07. The van der Waals surface area contributed by atoms with E-state index >= 15 is 0 Å². The molecule has 0 fully saturated rings. The lowest BCUT2D eigenvalue weighted by Crippen LogP contribution is -2.35. The summed E-state index contributed by atoms with van der Waals surface area (Å²) in [5.74, 6) is -1.65. The molecule has 0 bridgehead atoms. The molecule has 2 amide bonds. The Hall–Kier alpha value is -1.20. The molecule has 0 atom stereocenters. The van der Waals surface area contributed by atoms with Crippen LogP contribution in [0.4, 0.5) is 13.6 Å². The van der Waals surface area contributed by atoms with Crippen LogP contribution in [0.3, 0.4) is 0 Å². The van der Waals surface area contributed by atoms with E-state index < -0.39 is 18.4 Å². The highest BCUT2D eigenvalue weighted by atomic mass is 19.3. The van der Waals surface area contributed by atoms with Crippen LogP contribution in [0.2, 0.25) is 0 Å². The summed E-state index contributed by atoms with van der Waals surface area (Å²) >= 11 is 0. The van der Waals surface area contributed by atoms with Crippen molar-refractivity contribution >= 4 is 12.0 Å². The van der Waals surface area contributed by atoms with Crippen LogP contribution in [0.5, 0.6) is 0 Å². The van der Waals surface area contributed by atoms with Gasteiger partial charge in [-0.1, -0.05) is 0 Å². The quantitative estimate of drug-likeness (QED) is 0.652. The maximum absolute atomic E-state index is 11.4. The van der Waals surface area contributed by atoms with Gasteiger partial charge >= 0.3 is 12.5 Å². The van der Waals surface area contributed by atoms with Gasteiger partial charge in [-0.15, -0.1) is 0 Å². The summed E-state index contributed by atoms with van der Waals surface area (Å²) in [6.07, 6.45) is -4.35. The maximum Gasteiger partial charge on any atom is 0.413 e.